The van der Waals surface area contributed by atoms with E-state index >= 15 is 0 Å². The van der Waals surface area contributed by atoms with Crippen molar-refractivity contribution in [1.82, 2.24) is 0 Å². The van der Waals surface area contributed by atoms with Crippen LogP contribution in [0.15, 0.2) is 36.4 Å². The van der Waals surface area contributed by atoms with Gasteiger partial charge in [0, 0.05) is 11.4 Å². The van der Waals surface area contributed by atoms with Crippen LogP contribution >= 0.6 is 11.6 Å². The second-order valence-corrected chi connectivity index (χ2v) is 4.95. The third-order valence-electron chi connectivity index (χ3n) is 2.88. The molecule has 100 valence electrons. The van der Waals surface area contributed by atoms with Gasteiger partial charge in [-0.05, 0) is 47.9 Å². The largest absolute Gasteiger partial charge is 0.388 e. The van der Waals surface area contributed by atoms with Crippen LogP contribution in [0.1, 0.15) is 22.8 Å². The van der Waals surface area contributed by atoms with E-state index in [2.05, 4.69) is 0 Å². The van der Waals surface area contributed by atoms with Gasteiger partial charge in [0.2, 0.25) is 0 Å². The second kappa shape index (κ2) is 5.68. The lowest BCUT2D eigenvalue weighted by atomic mass is 9.99. The highest BCUT2D eigenvalue weighted by atomic mass is 35.5. The summed E-state index contributed by atoms with van der Waals surface area (Å²) in [5.74, 6) is -0.884. The molecule has 2 rings (SSSR count). The minimum Gasteiger partial charge on any atom is -0.388 e. The fourth-order valence-electron chi connectivity index (χ4n) is 1.97. The third kappa shape index (κ3) is 3.52. The minimum atomic E-state index is -0.954. The molecular formula is C15H13ClF2O. The molecular weight excluding hydrogens is 270 g/mol. The number of aliphatic hydroxyl groups is 1. The fourth-order valence-corrected chi connectivity index (χ4v) is 2.13. The van der Waals surface area contributed by atoms with Gasteiger partial charge in [-0.1, -0.05) is 23.7 Å². The quantitative estimate of drug-likeness (QED) is 0.894. The maximum Gasteiger partial charge on any atom is 0.127 e. The van der Waals surface area contributed by atoms with Gasteiger partial charge < -0.3 is 5.11 Å². The molecule has 1 N–H and O–H groups in total. The number of halogens is 3. The average Bonchev–Trinajstić information content (AvgIpc) is 2.31. The maximum atomic E-state index is 13.6. The van der Waals surface area contributed by atoms with Crippen molar-refractivity contribution in [1.29, 1.82) is 0 Å². The predicted molar refractivity (Wildman–Crippen MR) is 71.2 cm³/mol. The number of aryl methyl sites for hydroxylation is 1. The Bertz CT molecular complexity index is 578. The lowest BCUT2D eigenvalue weighted by molar-refractivity contribution is 0.176. The molecule has 2 aromatic rings. The lowest BCUT2D eigenvalue weighted by Gasteiger charge is -2.13. The molecule has 0 fully saturated rings. The molecule has 0 saturated carbocycles. The molecule has 0 bridgehead atoms. The molecule has 0 spiro atoms. The first kappa shape index (κ1) is 14.0. The van der Waals surface area contributed by atoms with E-state index in [9.17, 15) is 13.9 Å². The third-order valence-corrected chi connectivity index (χ3v) is 3.11. The van der Waals surface area contributed by atoms with Crippen LogP contribution in [0.4, 0.5) is 8.78 Å². The highest BCUT2D eigenvalue weighted by molar-refractivity contribution is 6.30. The predicted octanol–water partition coefficient (Wildman–Crippen LogP) is 4.20. The molecule has 0 aliphatic heterocycles. The van der Waals surface area contributed by atoms with Crippen molar-refractivity contribution in [2.24, 2.45) is 0 Å². The first-order valence-corrected chi connectivity index (χ1v) is 6.22. The van der Waals surface area contributed by atoms with E-state index in [1.165, 1.54) is 24.3 Å². The van der Waals surface area contributed by atoms with E-state index < -0.39 is 17.7 Å². The molecule has 0 heterocycles. The summed E-state index contributed by atoms with van der Waals surface area (Å²) >= 11 is 5.66. The van der Waals surface area contributed by atoms with Gasteiger partial charge in [-0.3, -0.25) is 0 Å². The average molecular weight is 283 g/mol. The van der Waals surface area contributed by atoms with Gasteiger partial charge in [0.1, 0.15) is 11.6 Å². The molecule has 0 aliphatic rings. The zero-order valence-electron chi connectivity index (χ0n) is 10.3. The summed E-state index contributed by atoms with van der Waals surface area (Å²) in [6.45, 7) is 1.74. The molecule has 1 atom stereocenters. The number of hydrogen-bond acceptors (Lipinski definition) is 1. The molecule has 4 heteroatoms. The van der Waals surface area contributed by atoms with E-state index in [1.807, 2.05) is 0 Å². The summed E-state index contributed by atoms with van der Waals surface area (Å²) in [5.41, 5.74) is 1.50. The molecule has 0 aliphatic carbocycles. The van der Waals surface area contributed by atoms with Gasteiger partial charge in [-0.25, -0.2) is 8.78 Å². The number of hydrogen-bond donors (Lipinski definition) is 1. The Kier molecular flexibility index (Phi) is 4.17. The molecule has 1 unspecified atom stereocenters. The summed E-state index contributed by atoms with van der Waals surface area (Å²) in [5, 5.41) is 10.4. The van der Waals surface area contributed by atoms with Crippen molar-refractivity contribution in [2.75, 3.05) is 0 Å². The first-order valence-electron chi connectivity index (χ1n) is 5.85. The van der Waals surface area contributed by atoms with E-state index in [-0.39, 0.29) is 6.42 Å². The van der Waals surface area contributed by atoms with Crippen molar-refractivity contribution in [3.05, 3.63) is 69.7 Å². The SMILES string of the molecule is Cc1cc(F)cc(C(O)Cc2ccc(Cl)cc2F)c1. The van der Waals surface area contributed by atoms with Crippen LogP contribution in [0, 0.1) is 18.6 Å². The normalized spacial score (nSPS) is 12.5. The van der Waals surface area contributed by atoms with Crippen molar-refractivity contribution < 1.29 is 13.9 Å². The summed E-state index contributed by atoms with van der Waals surface area (Å²) in [4.78, 5) is 0. The van der Waals surface area contributed by atoms with E-state index in [4.69, 9.17) is 11.6 Å². The monoisotopic (exact) mass is 282 g/mol. The van der Waals surface area contributed by atoms with Crippen LogP contribution in [0.5, 0.6) is 0 Å². The van der Waals surface area contributed by atoms with Crippen LogP contribution in [0.25, 0.3) is 0 Å². The van der Waals surface area contributed by atoms with E-state index in [0.717, 1.165) is 0 Å². The fraction of sp³-hybridized carbons (Fsp3) is 0.200. The zero-order chi connectivity index (χ0) is 14.0. The maximum absolute atomic E-state index is 13.6. The molecule has 0 radical (unpaired) electrons. The Labute approximate surface area is 115 Å². The molecule has 19 heavy (non-hydrogen) atoms. The molecule has 0 aromatic heterocycles. The van der Waals surface area contributed by atoms with Crippen LogP contribution < -0.4 is 0 Å². The van der Waals surface area contributed by atoms with Gasteiger partial charge in [0.15, 0.2) is 0 Å². The molecule has 2 aromatic carbocycles. The summed E-state index contributed by atoms with van der Waals surface area (Å²) in [7, 11) is 0. The van der Waals surface area contributed by atoms with E-state index in [1.54, 1.807) is 19.1 Å². The Morgan fingerprint density at radius 3 is 2.53 bits per heavy atom. The summed E-state index contributed by atoms with van der Waals surface area (Å²) < 4.78 is 26.9. The molecule has 0 saturated heterocycles. The van der Waals surface area contributed by atoms with E-state index in [0.29, 0.717) is 21.7 Å². The smallest absolute Gasteiger partial charge is 0.127 e. The summed E-state index contributed by atoms with van der Waals surface area (Å²) in [6.07, 6.45) is -0.878. The second-order valence-electron chi connectivity index (χ2n) is 4.52. The van der Waals surface area contributed by atoms with Gasteiger partial charge in [0.05, 0.1) is 6.10 Å². The van der Waals surface area contributed by atoms with Crippen molar-refractivity contribution in [3.8, 4) is 0 Å². The van der Waals surface area contributed by atoms with Crippen LogP contribution in [-0.2, 0) is 6.42 Å². The number of rotatable bonds is 3. The molecule has 0 amide bonds. The van der Waals surface area contributed by atoms with Crippen LogP contribution in [0.2, 0.25) is 5.02 Å². The Morgan fingerprint density at radius 2 is 1.89 bits per heavy atom. The highest BCUT2D eigenvalue weighted by Gasteiger charge is 2.13. The standard InChI is InChI=1S/C15H13ClF2O/c1-9-4-11(6-13(17)5-9)15(19)7-10-2-3-12(16)8-14(10)18/h2-6,8,15,19H,7H2,1H3. The topological polar surface area (TPSA) is 20.2 Å². The number of benzene rings is 2. The Balaban J connectivity index is 2.22. The zero-order valence-corrected chi connectivity index (χ0v) is 11.1. The Morgan fingerprint density at radius 1 is 1.16 bits per heavy atom. The van der Waals surface area contributed by atoms with Gasteiger partial charge in [-0.2, -0.15) is 0 Å². The first-order chi connectivity index (χ1) is 8.95. The van der Waals surface area contributed by atoms with Gasteiger partial charge in [0.25, 0.3) is 0 Å². The van der Waals surface area contributed by atoms with Crippen molar-refractivity contribution in [3.63, 3.8) is 0 Å². The minimum absolute atomic E-state index is 0.0753. The lowest BCUT2D eigenvalue weighted by Crippen LogP contribution is -2.04. The number of aliphatic hydroxyl groups excluding tert-OH is 1. The molecule has 1 nitrogen and oxygen atoms in total. The summed E-state index contributed by atoms with van der Waals surface area (Å²) in [6, 6.07) is 8.59. The van der Waals surface area contributed by atoms with Crippen LogP contribution in [-0.4, -0.2) is 5.11 Å². The Hall–Kier alpha value is -1.45. The van der Waals surface area contributed by atoms with Crippen molar-refractivity contribution in [2.45, 2.75) is 19.4 Å². The van der Waals surface area contributed by atoms with Crippen LogP contribution in [0.3, 0.4) is 0 Å². The highest BCUT2D eigenvalue weighted by Crippen LogP contribution is 2.23. The van der Waals surface area contributed by atoms with Gasteiger partial charge >= 0.3 is 0 Å². The van der Waals surface area contributed by atoms with Gasteiger partial charge in [-0.15, -0.1) is 0 Å². The van der Waals surface area contributed by atoms with Crippen molar-refractivity contribution >= 4 is 11.6 Å².